The van der Waals surface area contributed by atoms with Crippen molar-refractivity contribution in [1.82, 2.24) is 4.98 Å². The number of nitrogens with zero attached hydrogens (tertiary/aromatic N) is 2. The maximum absolute atomic E-state index is 12.5. The minimum Gasteiger partial charge on any atom is -0.490 e. The molecule has 0 bridgehead atoms. The van der Waals surface area contributed by atoms with Gasteiger partial charge in [0.25, 0.3) is 5.91 Å². The van der Waals surface area contributed by atoms with Crippen molar-refractivity contribution in [2.75, 3.05) is 18.1 Å². The molecular formula is C18H14N2O3. The zero-order valence-electron chi connectivity index (χ0n) is 12.3. The third-order valence-electron chi connectivity index (χ3n) is 3.67. The summed E-state index contributed by atoms with van der Waals surface area (Å²) in [5.41, 5.74) is 2.26. The van der Waals surface area contributed by atoms with E-state index >= 15 is 0 Å². The van der Waals surface area contributed by atoms with Gasteiger partial charge >= 0.3 is 0 Å². The molecule has 23 heavy (non-hydrogen) atoms. The van der Waals surface area contributed by atoms with Crippen LogP contribution >= 0.6 is 0 Å². The fourth-order valence-corrected chi connectivity index (χ4v) is 2.59. The zero-order chi connectivity index (χ0) is 15.6. The van der Waals surface area contributed by atoms with Gasteiger partial charge in [-0.25, -0.2) is 4.98 Å². The van der Waals surface area contributed by atoms with E-state index in [9.17, 15) is 4.79 Å². The first-order valence-corrected chi connectivity index (χ1v) is 7.38. The highest BCUT2D eigenvalue weighted by Crippen LogP contribution is 2.31. The second-order valence-corrected chi connectivity index (χ2v) is 5.16. The van der Waals surface area contributed by atoms with Gasteiger partial charge in [-0.2, -0.15) is 0 Å². The van der Waals surface area contributed by atoms with Crippen molar-refractivity contribution in [3.8, 4) is 5.75 Å². The number of para-hydroxylation sites is 4. The molecule has 1 aliphatic heterocycles. The Kier molecular flexibility index (Phi) is 3.31. The maximum atomic E-state index is 12.5. The highest BCUT2D eigenvalue weighted by molar-refractivity contribution is 6.04. The van der Waals surface area contributed by atoms with Crippen LogP contribution in [0, 0.1) is 0 Å². The van der Waals surface area contributed by atoms with Crippen molar-refractivity contribution in [2.45, 2.75) is 0 Å². The molecule has 0 fully saturated rings. The highest BCUT2D eigenvalue weighted by Gasteiger charge is 2.21. The van der Waals surface area contributed by atoms with Crippen LogP contribution < -0.4 is 9.64 Å². The predicted molar refractivity (Wildman–Crippen MR) is 87.3 cm³/mol. The fraction of sp³-hybridized carbons (Fsp3) is 0.111. The lowest BCUT2D eigenvalue weighted by Crippen LogP contribution is -2.36. The van der Waals surface area contributed by atoms with Crippen LogP contribution in [0.4, 0.5) is 5.69 Å². The van der Waals surface area contributed by atoms with Crippen LogP contribution in [0.3, 0.4) is 0 Å². The summed E-state index contributed by atoms with van der Waals surface area (Å²) in [4.78, 5) is 18.5. The maximum Gasteiger partial charge on any atom is 0.251 e. The van der Waals surface area contributed by atoms with E-state index in [1.807, 2.05) is 48.5 Å². The second kappa shape index (κ2) is 5.61. The van der Waals surface area contributed by atoms with Gasteiger partial charge in [0, 0.05) is 12.2 Å². The summed E-state index contributed by atoms with van der Waals surface area (Å²) in [6.07, 6.45) is 3.08. The van der Waals surface area contributed by atoms with E-state index in [2.05, 4.69) is 4.98 Å². The molecule has 1 aliphatic rings. The number of hydrogen-bond acceptors (Lipinski definition) is 4. The summed E-state index contributed by atoms with van der Waals surface area (Å²) in [6, 6.07) is 15.0. The Morgan fingerprint density at radius 1 is 1.13 bits per heavy atom. The second-order valence-electron chi connectivity index (χ2n) is 5.16. The van der Waals surface area contributed by atoms with Crippen LogP contribution in [-0.4, -0.2) is 24.0 Å². The molecule has 0 spiro atoms. The highest BCUT2D eigenvalue weighted by atomic mass is 16.5. The van der Waals surface area contributed by atoms with E-state index in [1.165, 1.54) is 6.08 Å². The summed E-state index contributed by atoms with van der Waals surface area (Å²) in [7, 11) is 0. The number of carbonyl (C=O) groups excluding carboxylic acids is 1. The van der Waals surface area contributed by atoms with Gasteiger partial charge < -0.3 is 14.1 Å². The Hall–Kier alpha value is -3.08. The van der Waals surface area contributed by atoms with Crippen LogP contribution in [0.25, 0.3) is 17.2 Å². The average molecular weight is 306 g/mol. The standard InChI is InChI=1S/C18H14N2O3/c21-18(20-11-12-22-16-8-4-2-6-14(16)20)10-9-17-19-13-5-1-3-7-15(13)23-17/h1-10H,11-12H2. The lowest BCUT2D eigenvalue weighted by molar-refractivity contribution is -0.114. The van der Waals surface area contributed by atoms with E-state index in [0.29, 0.717) is 24.6 Å². The number of benzene rings is 2. The number of anilines is 1. The molecule has 0 saturated heterocycles. The number of oxazole rings is 1. The van der Waals surface area contributed by atoms with E-state index in [4.69, 9.17) is 9.15 Å². The lowest BCUT2D eigenvalue weighted by atomic mass is 10.2. The van der Waals surface area contributed by atoms with Gasteiger partial charge in [0.15, 0.2) is 5.58 Å². The Morgan fingerprint density at radius 3 is 2.87 bits per heavy atom. The molecule has 0 unspecified atom stereocenters. The molecule has 4 rings (SSSR count). The molecule has 1 aromatic heterocycles. The smallest absolute Gasteiger partial charge is 0.251 e. The monoisotopic (exact) mass is 306 g/mol. The normalized spacial score (nSPS) is 14.0. The molecule has 2 aromatic carbocycles. The molecule has 0 radical (unpaired) electrons. The fourth-order valence-electron chi connectivity index (χ4n) is 2.59. The van der Waals surface area contributed by atoms with Crippen molar-refractivity contribution in [3.63, 3.8) is 0 Å². The number of amides is 1. The molecular weight excluding hydrogens is 292 g/mol. The van der Waals surface area contributed by atoms with Crippen molar-refractivity contribution in [2.24, 2.45) is 0 Å². The van der Waals surface area contributed by atoms with Crippen molar-refractivity contribution >= 4 is 28.8 Å². The minimum absolute atomic E-state index is 0.122. The summed E-state index contributed by atoms with van der Waals surface area (Å²) >= 11 is 0. The quantitative estimate of drug-likeness (QED) is 0.682. The predicted octanol–water partition coefficient (Wildman–Crippen LogP) is 3.27. The first-order valence-electron chi connectivity index (χ1n) is 7.38. The van der Waals surface area contributed by atoms with E-state index in [0.717, 1.165) is 17.0 Å². The Balaban J connectivity index is 1.58. The molecule has 5 heteroatoms. The third-order valence-corrected chi connectivity index (χ3v) is 3.67. The molecule has 0 N–H and O–H groups in total. The Morgan fingerprint density at radius 2 is 1.96 bits per heavy atom. The minimum atomic E-state index is -0.122. The molecule has 2 heterocycles. The molecule has 5 nitrogen and oxygen atoms in total. The molecule has 1 amide bonds. The number of rotatable bonds is 2. The largest absolute Gasteiger partial charge is 0.490 e. The van der Waals surface area contributed by atoms with Crippen LogP contribution in [0.1, 0.15) is 5.89 Å². The SMILES string of the molecule is O=C(C=Cc1nc2ccccc2o1)N1CCOc2ccccc21. The van der Waals surface area contributed by atoms with Gasteiger partial charge in [0.2, 0.25) is 5.89 Å². The zero-order valence-corrected chi connectivity index (χ0v) is 12.3. The van der Waals surface area contributed by atoms with Crippen molar-refractivity contribution in [1.29, 1.82) is 0 Å². The van der Waals surface area contributed by atoms with Gasteiger partial charge in [-0.1, -0.05) is 24.3 Å². The number of hydrogen-bond donors (Lipinski definition) is 0. The molecule has 0 aliphatic carbocycles. The lowest BCUT2D eigenvalue weighted by Gasteiger charge is -2.28. The van der Waals surface area contributed by atoms with E-state index in [1.54, 1.807) is 11.0 Å². The van der Waals surface area contributed by atoms with Crippen LogP contribution in [-0.2, 0) is 4.79 Å². The van der Waals surface area contributed by atoms with Crippen molar-refractivity contribution in [3.05, 3.63) is 60.5 Å². The van der Waals surface area contributed by atoms with Crippen molar-refractivity contribution < 1.29 is 13.9 Å². The molecule has 114 valence electrons. The Bertz CT molecular complexity index is 865. The summed E-state index contributed by atoms with van der Waals surface area (Å²) in [5, 5.41) is 0. The van der Waals surface area contributed by atoms with Crippen LogP contribution in [0.2, 0.25) is 0 Å². The average Bonchev–Trinajstić information content (AvgIpc) is 3.02. The van der Waals surface area contributed by atoms with Crippen LogP contribution in [0.5, 0.6) is 5.75 Å². The molecule has 0 saturated carbocycles. The number of carbonyl (C=O) groups is 1. The Labute approximate surface area is 132 Å². The molecule has 0 atom stereocenters. The number of fused-ring (bicyclic) bond motifs is 2. The van der Waals surface area contributed by atoms with E-state index < -0.39 is 0 Å². The summed E-state index contributed by atoms with van der Waals surface area (Å²) in [6.45, 7) is 1.01. The van der Waals surface area contributed by atoms with E-state index in [-0.39, 0.29) is 5.91 Å². The van der Waals surface area contributed by atoms with Crippen LogP contribution in [0.15, 0.2) is 59.0 Å². The summed E-state index contributed by atoms with van der Waals surface area (Å²) in [5.74, 6) is 1.02. The van der Waals surface area contributed by atoms with Gasteiger partial charge in [-0.15, -0.1) is 0 Å². The number of aromatic nitrogens is 1. The van der Waals surface area contributed by atoms with Gasteiger partial charge in [-0.05, 0) is 24.3 Å². The van der Waals surface area contributed by atoms with Gasteiger partial charge in [0.05, 0.1) is 12.2 Å². The summed E-state index contributed by atoms with van der Waals surface area (Å²) < 4.78 is 11.1. The van der Waals surface area contributed by atoms with Gasteiger partial charge in [0.1, 0.15) is 17.9 Å². The first-order chi connectivity index (χ1) is 11.3. The third kappa shape index (κ3) is 2.57. The molecule has 3 aromatic rings. The number of ether oxygens (including phenoxy) is 1. The van der Waals surface area contributed by atoms with Gasteiger partial charge in [-0.3, -0.25) is 4.79 Å². The first kappa shape index (κ1) is 13.6. The topological polar surface area (TPSA) is 55.6 Å².